The van der Waals surface area contributed by atoms with Crippen molar-refractivity contribution in [2.75, 3.05) is 19.5 Å². The second-order valence-corrected chi connectivity index (χ2v) is 6.89. The zero-order valence-electron chi connectivity index (χ0n) is 13.0. The lowest BCUT2D eigenvalue weighted by atomic mass is 10.1. The number of β-lactam (4-membered cyclic amide) rings is 1. The van der Waals surface area contributed by atoms with Crippen LogP contribution in [0.25, 0.3) is 0 Å². The number of amides is 1. The van der Waals surface area contributed by atoms with E-state index in [1.807, 2.05) is 12.1 Å². The molecule has 0 bridgehead atoms. The number of esters is 1. The Hall–Kier alpha value is -1.70. The first-order chi connectivity index (χ1) is 11.5. The fourth-order valence-corrected chi connectivity index (χ4v) is 4.13. The number of thioether (sulfide) groups is 1. The molecule has 0 spiro atoms. The van der Waals surface area contributed by atoms with Crippen molar-refractivity contribution in [2.45, 2.75) is 18.0 Å². The molecule has 6 nitrogen and oxygen atoms in total. The molecule has 0 saturated carbocycles. The first-order valence-corrected chi connectivity index (χ1v) is 8.77. The molecule has 0 aromatic heterocycles. The third-order valence-electron chi connectivity index (χ3n) is 3.98. The third-order valence-corrected chi connectivity index (χ3v) is 5.78. The summed E-state index contributed by atoms with van der Waals surface area (Å²) in [4.78, 5) is 26.2. The second kappa shape index (κ2) is 7.04. The highest BCUT2D eigenvalue weighted by Crippen LogP contribution is 2.41. The van der Waals surface area contributed by atoms with E-state index in [1.54, 1.807) is 24.1 Å². The fourth-order valence-electron chi connectivity index (χ4n) is 2.57. The molecule has 1 saturated heterocycles. The Balaban J connectivity index is 1.66. The molecule has 2 atom stereocenters. The Bertz CT molecular complexity index is 692. The van der Waals surface area contributed by atoms with E-state index in [1.165, 1.54) is 11.8 Å². The van der Waals surface area contributed by atoms with Gasteiger partial charge in [-0.05, 0) is 23.3 Å². The number of ether oxygens (including phenoxy) is 2. The quantitative estimate of drug-likeness (QED) is 0.481. The molecular weight excluding hydrogens is 352 g/mol. The second-order valence-electron chi connectivity index (χ2n) is 5.49. The van der Waals surface area contributed by atoms with E-state index >= 15 is 0 Å². The number of alkyl halides is 1. The minimum Gasteiger partial charge on any atom is -0.497 e. The van der Waals surface area contributed by atoms with Crippen molar-refractivity contribution in [2.24, 2.45) is 5.73 Å². The minimum absolute atomic E-state index is 0.110. The van der Waals surface area contributed by atoms with E-state index in [9.17, 15) is 9.59 Å². The van der Waals surface area contributed by atoms with E-state index in [-0.39, 0.29) is 23.8 Å². The Morgan fingerprint density at radius 3 is 2.75 bits per heavy atom. The molecule has 1 fully saturated rings. The van der Waals surface area contributed by atoms with Gasteiger partial charge in [-0.1, -0.05) is 23.9 Å². The average molecular weight is 369 g/mol. The predicted molar refractivity (Wildman–Crippen MR) is 91.6 cm³/mol. The van der Waals surface area contributed by atoms with E-state index in [0.29, 0.717) is 17.0 Å². The van der Waals surface area contributed by atoms with Crippen LogP contribution in [0.4, 0.5) is 0 Å². The molecule has 0 aliphatic carbocycles. The molecule has 2 aliphatic heterocycles. The van der Waals surface area contributed by atoms with Gasteiger partial charge in [-0.2, -0.15) is 0 Å². The van der Waals surface area contributed by atoms with Crippen molar-refractivity contribution in [1.29, 1.82) is 0 Å². The number of nitrogens with two attached hydrogens (primary N) is 1. The summed E-state index contributed by atoms with van der Waals surface area (Å²) in [5.41, 5.74) is 7.34. The highest BCUT2D eigenvalue weighted by atomic mass is 35.5. The van der Waals surface area contributed by atoms with Gasteiger partial charge in [-0.25, -0.2) is 4.79 Å². The van der Waals surface area contributed by atoms with Gasteiger partial charge in [0.05, 0.1) is 12.0 Å². The monoisotopic (exact) mass is 368 g/mol. The van der Waals surface area contributed by atoms with Gasteiger partial charge in [0.2, 0.25) is 5.91 Å². The summed E-state index contributed by atoms with van der Waals surface area (Å²) in [7, 11) is 1.59. The highest BCUT2D eigenvalue weighted by Gasteiger charge is 2.49. The number of carbonyl (C=O) groups excluding carboxylic acids is 2. The van der Waals surface area contributed by atoms with Crippen LogP contribution in [0.2, 0.25) is 0 Å². The number of rotatable bonds is 5. The summed E-state index contributed by atoms with van der Waals surface area (Å²) in [5, 5.41) is -0.215. The van der Waals surface area contributed by atoms with Crippen molar-refractivity contribution in [1.82, 2.24) is 4.90 Å². The summed E-state index contributed by atoms with van der Waals surface area (Å²) >= 11 is 7.18. The summed E-state index contributed by atoms with van der Waals surface area (Å²) in [6.07, 6.45) is 0. The van der Waals surface area contributed by atoms with Crippen LogP contribution in [-0.2, 0) is 20.9 Å². The van der Waals surface area contributed by atoms with Crippen molar-refractivity contribution >= 4 is 35.2 Å². The predicted octanol–water partition coefficient (Wildman–Crippen LogP) is 1.47. The normalized spacial score (nSPS) is 22.8. The molecule has 2 N–H and O–H groups in total. The minimum atomic E-state index is -0.573. The number of halogens is 1. The first kappa shape index (κ1) is 17.1. The summed E-state index contributed by atoms with van der Waals surface area (Å²) < 4.78 is 10.5. The zero-order valence-corrected chi connectivity index (χ0v) is 14.6. The number of nitrogens with zero attached hydrogens (tertiary/aromatic N) is 1. The highest BCUT2D eigenvalue weighted by molar-refractivity contribution is 8.04. The number of carbonyl (C=O) groups is 2. The average Bonchev–Trinajstić information content (AvgIpc) is 2.64. The van der Waals surface area contributed by atoms with Crippen molar-refractivity contribution in [3.8, 4) is 5.75 Å². The molecule has 3 rings (SSSR count). The van der Waals surface area contributed by atoms with Gasteiger partial charge in [-0.15, -0.1) is 11.6 Å². The Kier molecular flexibility index (Phi) is 5.03. The van der Waals surface area contributed by atoms with Crippen LogP contribution in [0, 0.1) is 0 Å². The van der Waals surface area contributed by atoms with E-state index in [0.717, 1.165) is 11.3 Å². The van der Waals surface area contributed by atoms with Gasteiger partial charge in [-0.3, -0.25) is 4.79 Å². The molecule has 1 aromatic carbocycles. The first-order valence-electron chi connectivity index (χ1n) is 7.36. The number of fused-ring (bicyclic) bond motifs is 1. The van der Waals surface area contributed by atoms with Gasteiger partial charge >= 0.3 is 5.97 Å². The maximum absolute atomic E-state index is 12.4. The van der Waals surface area contributed by atoms with Gasteiger partial charge in [0.25, 0.3) is 0 Å². The van der Waals surface area contributed by atoms with Crippen LogP contribution < -0.4 is 10.5 Å². The lowest BCUT2D eigenvalue weighted by molar-refractivity contribution is -0.144. The maximum Gasteiger partial charge on any atom is 0.345 e. The van der Waals surface area contributed by atoms with Crippen LogP contribution in [-0.4, -0.2) is 47.7 Å². The largest absolute Gasteiger partial charge is 0.497 e. The number of benzene rings is 1. The van der Waals surface area contributed by atoms with Gasteiger partial charge < -0.3 is 20.1 Å². The Labute approximate surface area is 148 Å². The molecule has 1 amide bonds. The van der Waals surface area contributed by atoms with Gasteiger partial charge in [0.15, 0.2) is 0 Å². The van der Waals surface area contributed by atoms with Crippen molar-refractivity contribution in [3.05, 3.63) is 40.3 Å². The molecule has 1 aromatic rings. The topological polar surface area (TPSA) is 81.9 Å². The molecule has 2 aliphatic rings. The Morgan fingerprint density at radius 1 is 1.42 bits per heavy atom. The van der Waals surface area contributed by atoms with Crippen molar-refractivity contribution in [3.63, 3.8) is 0 Å². The third kappa shape index (κ3) is 3.11. The zero-order chi connectivity index (χ0) is 17.3. The molecule has 128 valence electrons. The summed E-state index contributed by atoms with van der Waals surface area (Å²) in [6, 6.07) is 6.70. The van der Waals surface area contributed by atoms with Gasteiger partial charge in [0.1, 0.15) is 23.8 Å². The molecule has 2 heterocycles. The molecule has 0 radical (unpaired) electrons. The van der Waals surface area contributed by atoms with Gasteiger partial charge in [0, 0.05) is 12.4 Å². The van der Waals surface area contributed by atoms with Crippen LogP contribution in [0.15, 0.2) is 34.7 Å². The van der Waals surface area contributed by atoms with E-state index in [2.05, 4.69) is 0 Å². The summed E-state index contributed by atoms with van der Waals surface area (Å²) in [5.74, 6) is 0.369. The maximum atomic E-state index is 12.4. The number of hydrogen-bond acceptors (Lipinski definition) is 6. The Morgan fingerprint density at radius 2 is 2.12 bits per heavy atom. The number of hydrogen-bond donors (Lipinski definition) is 1. The van der Waals surface area contributed by atoms with E-state index < -0.39 is 12.0 Å². The SMILES string of the molecule is COc1ccc(COC(=O)C2=C(CCl)CN3C(=O)C(N)C3S2)cc1. The van der Waals surface area contributed by atoms with Crippen molar-refractivity contribution < 1.29 is 19.1 Å². The van der Waals surface area contributed by atoms with E-state index in [4.69, 9.17) is 26.8 Å². The molecule has 8 heteroatoms. The smallest absolute Gasteiger partial charge is 0.345 e. The molecule has 24 heavy (non-hydrogen) atoms. The molecular formula is C16H17ClN2O4S. The summed E-state index contributed by atoms with van der Waals surface area (Å²) in [6.45, 7) is 0.489. The van der Waals surface area contributed by atoms with Crippen LogP contribution in [0.5, 0.6) is 5.75 Å². The number of methoxy groups -OCH3 is 1. The van der Waals surface area contributed by atoms with Crippen LogP contribution >= 0.6 is 23.4 Å². The van der Waals surface area contributed by atoms with Crippen LogP contribution in [0.1, 0.15) is 5.56 Å². The lowest BCUT2D eigenvalue weighted by Gasteiger charge is -2.48. The molecule has 2 unspecified atom stereocenters. The van der Waals surface area contributed by atoms with Crippen LogP contribution in [0.3, 0.4) is 0 Å². The lowest BCUT2D eigenvalue weighted by Crippen LogP contribution is -2.68. The standard InChI is InChI=1S/C16H17ClN2O4S/c1-22-11-4-2-9(3-5-11)8-23-16(21)13-10(6-17)7-19-14(20)12(18)15(19)24-13/h2-5,12,15H,6-8,18H2,1H3. The fraction of sp³-hybridized carbons (Fsp3) is 0.375.